The number of amides is 1. The Hall–Kier alpha value is -3.26. The fourth-order valence-electron chi connectivity index (χ4n) is 4.01. The molecule has 5 nitrogen and oxygen atoms in total. The number of anilines is 1. The van der Waals surface area contributed by atoms with Crippen LogP contribution in [0.4, 0.5) is 14.5 Å². The SMILES string of the molecule is O=C(c1ccc(NS(=O)(=O)c2ccc(F)c(F)c2)cc1)N1CCC(Cc2ccccc2)CC1. The maximum absolute atomic E-state index is 13.4. The molecule has 1 aliphatic heterocycles. The van der Waals surface area contributed by atoms with E-state index in [9.17, 15) is 22.0 Å². The summed E-state index contributed by atoms with van der Waals surface area (Å²) in [5.41, 5.74) is 1.99. The van der Waals surface area contributed by atoms with Crippen LogP contribution in [0.2, 0.25) is 0 Å². The Morgan fingerprint density at radius 2 is 1.58 bits per heavy atom. The van der Waals surface area contributed by atoms with Gasteiger partial charge in [-0.2, -0.15) is 0 Å². The Bertz CT molecular complexity index is 1220. The van der Waals surface area contributed by atoms with Crippen LogP contribution in [0.15, 0.2) is 77.7 Å². The fourth-order valence-corrected chi connectivity index (χ4v) is 5.08. The summed E-state index contributed by atoms with van der Waals surface area (Å²) < 4.78 is 53.6. The van der Waals surface area contributed by atoms with Gasteiger partial charge in [0.25, 0.3) is 15.9 Å². The van der Waals surface area contributed by atoms with Crippen LogP contribution in [-0.4, -0.2) is 32.3 Å². The van der Waals surface area contributed by atoms with E-state index in [0.29, 0.717) is 30.6 Å². The number of nitrogens with zero attached hydrogens (tertiary/aromatic N) is 1. The second-order valence-corrected chi connectivity index (χ2v) is 9.87. The van der Waals surface area contributed by atoms with Gasteiger partial charge in [0.2, 0.25) is 0 Å². The molecule has 8 heteroatoms. The van der Waals surface area contributed by atoms with Gasteiger partial charge in [-0.05, 0) is 73.2 Å². The summed E-state index contributed by atoms with van der Waals surface area (Å²) in [6, 6.07) is 18.8. The Balaban J connectivity index is 1.35. The molecule has 1 fully saturated rings. The molecule has 3 aromatic carbocycles. The van der Waals surface area contributed by atoms with Crippen molar-refractivity contribution in [3.63, 3.8) is 0 Å². The second-order valence-electron chi connectivity index (χ2n) is 8.18. The van der Waals surface area contributed by atoms with Crippen LogP contribution in [0.25, 0.3) is 0 Å². The molecule has 3 aromatic rings. The van der Waals surface area contributed by atoms with E-state index in [-0.39, 0.29) is 16.5 Å². The smallest absolute Gasteiger partial charge is 0.261 e. The van der Waals surface area contributed by atoms with Crippen molar-refractivity contribution in [2.75, 3.05) is 17.8 Å². The average Bonchev–Trinajstić information content (AvgIpc) is 2.82. The lowest BCUT2D eigenvalue weighted by atomic mass is 9.90. The standard InChI is InChI=1S/C25H24F2N2O3S/c26-23-11-10-22(17-24(23)27)33(31,32)28-21-8-6-20(7-9-21)25(30)29-14-12-19(13-15-29)16-18-4-2-1-3-5-18/h1-11,17,19,28H,12-16H2. The van der Waals surface area contributed by atoms with Crippen LogP contribution in [0.1, 0.15) is 28.8 Å². The number of hydrogen-bond donors (Lipinski definition) is 1. The summed E-state index contributed by atoms with van der Waals surface area (Å²) in [6.45, 7) is 1.36. The van der Waals surface area contributed by atoms with Crippen LogP contribution in [0.5, 0.6) is 0 Å². The summed E-state index contributed by atoms with van der Waals surface area (Å²) in [7, 11) is -4.09. The van der Waals surface area contributed by atoms with Gasteiger partial charge in [-0.1, -0.05) is 30.3 Å². The molecule has 172 valence electrons. The van der Waals surface area contributed by atoms with Crippen LogP contribution in [-0.2, 0) is 16.4 Å². The number of piperidine rings is 1. The van der Waals surface area contributed by atoms with Gasteiger partial charge >= 0.3 is 0 Å². The van der Waals surface area contributed by atoms with Gasteiger partial charge in [-0.25, -0.2) is 17.2 Å². The van der Waals surface area contributed by atoms with E-state index in [4.69, 9.17) is 0 Å². The number of hydrogen-bond acceptors (Lipinski definition) is 3. The van der Waals surface area contributed by atoms with Gasteiger partial charge in [-0.3, -0.25) is 9.52 Å². The van der Waals surface area contributed by atoms with Crippen LogP contribution >= 0.6 is 0 Å². The highest BCUT2D eigenvalue weighted by Gasteiger charge is 2.24. The van der Waals surface area contributed by atoms with Crippen molar-refractivity contribution >= 4 is 21.6 Å². The monoisotopic (exact) mass is 470 g/mol. The predicted octanol–water partition coefficient (Wildman–Crippen LogP) is 4.86. The maximum atomic E-state index is 13.4. The zero-order valence-corrected chi connectivity index (χ0v) is 18.7. The zero-order chi connectivity index (χ0) is 23.4. The predicted molar refractivity (Wildman–Crippen MR) is 122 cm³/mol. The average molecular weight is 471 g/mol. The first kappa shape index (κ1) is 22.9. The molecule has 1 aliphatic rings. The minimum absolute atomic E-state index is 0.0943. The number of carbonyl (C=O) groups excluding carboxylic acids is 1. The largest absolute Gasteiger partial charge is 0.339 e. The van der Waals surface area contributed by atoms with Gasteiger partial charge in [0.05, 0.1) is 4.90 Å². The van der Waals surface area contributed by atoms with E-state index in [1.54, 1.807) is 12.1 Å². The lowest BCUT2D eigenvalue weighted by Crippen LogP contribution is -2.38. The molecular weight excluding hydrogens is 446 g/mol. The molecule has 0 unspecified atom stereocenters. The van der Waals surface area contributed by atoms with Crippen LogP contribution in [0, 0.1) is 17.6 Å². The molecule has 1 saturated heterocycles. The molecule has 33 heavy (non-hydrogen) atoms. The lowest BCUT2D eigenvalue weighted by molar-refractivity contribution is 0.0690. The Morgan fingerprint density at radius 3 is 2.21 bits per heavy atom. The number of rotatable bonds is 6. The molecular formula is C25H24F2N2O3S. The molecule has 1 N–H and O–H groups in total. The lowest BCUT2D eigenvalue weighted by Gasteiger charge is -2.32. The Kier molecular flexibility index (Phi) is 6.74. The van der Waals surface area contributed by atoms with Gasteiger partial charge in [0.15, 0.2) is 11.6 Å². The zero-order valence-electron chi connectivity index (χ0n) is 17.9. The second kappa shape index (κ2) is 9.70. The number of nitrogens with one attached hydrogen (secondary N) is 1. The van der Waals surface area contributed by atoms with E-state index in [1.165, 1.54) is 17.7 Å². The molecule has 1 amide bonds. The molecule has 0 saturated carbocycles. The molecule has 4 rings (SSSR count). The fraction of sp³-hybridized carbons (Fsp3) is 0.240. The third-order valence-corrected chi connectivity index (χ3v) is 7.23. The molecule has 0 radical (unpaired) electrons. The van der Waals surface area contributed by atoms with Crippen molar-refractivity contribution in [3.8, 4) is 0 Å². The van der Waals surface area contributed by atoms with E-state index in [1.807, 2.05) is 23.1 Å². The molecule has 0 atom stereocenters. The number of sulfonamides is 1. The highest BCUT2D eigenvalue weighted by molar-refractivity contribution is 7.92. The van der Waals surface area contributed by atoms with Crippen LogP contribution in [0.3, 0.4) is 0 Å². The van der Waals surface area contributed by atoms with Crippen LogP contribution < -0.4 is 4.72 Å². The maximum Gasteiger partial charge on any atom is 0.261 e. The molecule has 0 bridgehead atoms. The van der Waals surface area contributed by atoms with Crippen molar-refractivity contribution < 1.29 is 22.0 Å². The highest BCUT2D eigenvalue weighted by Crippen LogP contribution is 2.24. The van der Waals surface area contributed by atoms with E-state index >= 15 is 0 Å². The molecule has 0 aliphatic carbocycles. The van der Waals surface area contributed by atoms with Gasteiger partial charge < -0.3 is 4.90 Å². The number of benzene rings is 3. The summed E-state index contributed by atoms with van der Waals surface area (Å²) in [6.07, 6.45) is 2.88. The Morgan fingerprint density at radius 1 is 0.909 bits per heavy atom. The van der Waals surface area contributed by atoms with E-state index in [0.717, 1.165) is 31.4 Å². The number of likely N-dealkylation sites (tertiary alicyclic amines) is 1. The minimum atomic E-state index is -4.09. The van der Waals surface area contributed by atoms with Gasteiger partial charge in [-0.15, -0.1) is 0 Å². The first-order valence-corrected chi connectivity index (χ1v) is 12.2. The quantitative estimate of drug-likeness (QED) is 0.560. The molecule has 0 aromatic heterocycles. The summed E-state index contributed by atoms with van der Waals surface area (Å²) in [5.74, 6) is -1.92. The normalized spacial score (nSPS) is 14.8. The Labute approximate surface area is 192 Å². The third-order valence-electron chi connectivity index (χ3n) is 5.85. The minimum Gasteiger partial charge on any atom is -0.339 e. The van der Waals surface area contributed by atoms with Crippen molar-refractivity contribution in [3.05, 3.63) is 95.6 Å². The highest BCUT2D eigenvalue weighted by atomic mass is 32.2. The van der Waals surface area contributed by atoms with E-state index in [2.05, 4.69) is 16.9 Å². The topological polar surface area (TPSA) is 66.5 Å². The summed E-state index contributed by atoms with van der Waals surface area (Å²) in [4.78, 5) is 14.3. The van der Waals surface area contributed by atoms with Crippen molar-refractivity contribution in [2.24, 2.45) is 5.92 Å². The van der Waals surface area contributed by atoms with Crippen molar-refractivity contribution in [2.45, 2.75) is 24.2 Å². The third kappa shape index (κ3) is 5.57. The molecule has 1 heterocycles. The first-order valence-electron chi connectivity index (χ1n) is 10.7. The van der Waals surface area contributed by atoms with E-state index < -0.39 is 21.7 Å². The summed E-state index contributed by atoms with van der Waals surface area (Å²) in [5, 5.41) is 0. The van der Waals surface area contributed by atoms with Gasteiger partial charge in [0.1, 0.15) is 0 Å². The number of halogens is 2. The van der Waals surface area contributed by atoms with Crippen molar-refractivity contribution in [1.82, 2.24) is 4.90 Å². The van der Waals surface area contributed by atoms with Gasteiger partial charge in [0, 0.05) is 24.3 Å². The molecule has 0 spiro atoms. The summed E-state index contributed by atoms with van der Waals surface area (Å²) >= 11 is 0. The van der Waals surface area contributed by atoms with Crippen molar-refractivity contribution in [1.29, 1.82) is 0 Å². The first-order chi connectivity index (χ1) is 15.8. The number of carbonyl (C=O) groups is 1.